The molecule has 0 saturated carbocycles. The Morgan fingerprint density at radius 2 is 1.89 bits per heavy atom. The van der Waals surface area contributed by atoms with E-state index in [1.807, 2.05) is 38.1 Å². The summed E-state index contributed by atoms with van der Waals surface area (Å²) in [5.41, 5.74) is 1.86. The predicted molar refractivity (Wildman–Crippen MR) is 108 cm³/mol. The standard InChI is InChI=1S/C22H29NO3Si/c1-14-11-17-18(12-15(14)2)25-20(24)16-9-8-10-19(22(16,17)13-23)26-27(6,7)21(3,4)5/h8,10-12,16,19H,9H2,1-7H3/t16-,19-,22-/m1/s1. The van der Waals surface area contributed by atoms with Crippen molar-refractivity contribution in [3.63, 3.8) is 0 Å². The molecular weight excluding hydrogens is 354 g/mol. The van der Waals surface area contributed by atoms with Crippen molar-refractivity contribution < 1.29 is 14.0 Å². The van der Waals surface area contributed by atoms with E-state index in [2.05, 4.69) is 39.9 Å². The van der Waals surface area contributed by atoms with Crippen LogP contribution in [0.2, 0.25) is 18.1 Å². The van der Waals surface area contributed by atoms with E-state index >= 15 is 0 Å². The van der Waals surface area contributed by atoms with Crippen LogP contribution in [0.5, 0.6) is 5.75 Å². The lowest BCUT2D eigenvalue weighted by Gasteiger charge is -2.48. The minimum absolute atomic E-state index is 0.00558. The summed E-state index contributed by atoms with van der Waals surface area (Å²) in [6.45, 7) is 14.9. The third-order valence-electron chi connectivity index (χ3n) is 6.63. The topological polar surface area (TPSA) is 59.3 Å². The maximum absolute atomic E-state index is 12.8. The van der Waals surface area contributed by atoms with Gasteiger partial charge >= 0.3 is 5.97 Å². The number of fused-ring (bicyclic) bond motifs is 3. The summed E-state index contributed by atoms with van der Waals surface area (Å²) in [5, 5.41) is 10.4. The Kier molecular flexibility index (Phi) is 4.65. The second-order valence-corrected chi connectivity index (χ2v) is 14.1. The highest BCUT2D eigenvalue weighted by molar-refractivity contribution is 6.74. The number of rotatable bonds is 2. The van der Waals surface area contributed by atoms with Crippen LogP contribution < -0.4 is 4.74 Å². The van der Waals surface area contributed by atoms with Crippen LogP contribution >= 0.6 is 0 Å². The van der Waals surface area contributed by atoms with E-state index < -0.39 is 25.8 Å². The Bertz CT molecular complexity index is 860. The second kappa shape index (κ2) is 6.32. The quantitative estimate of drug-likeness (QED) is 0.314. The molecule has 0 amide bonds. The number of nitrogens with zero attached hydrogens (tertiary/aromatic N) is 1. The van der Waals surface area contributed by atoms with E-state index in [0.717, 1.165) is 16.7 Å². The maximum Gasteiger partial charge on any atom is 0.316 e. The molecule has 0 fully saturated rings. The van der Waals surface area contributed by atoms with Crippen molar-refractivity contribution in [1.29, 1.82) is 5.26 Å². The number of ether oxygens (including phenoxy) is 1. The number of benzene rings is 1. The van der Waals surface area contributed by atoms with Gasteiger partial charge in [-0.3, -0.25) is 4.79 Å². The van der Waals surface area contributed by atoms with Crippen molar-refractivity contribution in [3.8, 4) is 11.8 Å². The van der Waals surface area contributed by atoms with E-state index in [9.17, 15) is 10.1 Å². The van der Waals surface area contributed by atoms with Gasteiger partial charge in [0.2, 0.25) is 0 Å². The summed E-state index contributed by atoms with van der Waals surface area (Å²) in [7, 11) is -2.15. The van der Waals surface area contributed by atoms with E-state index in [4.69, 9.17) is 9.16 Å². The van der Waals surface area contributed by atoms with Crippen molar-refractivity contribution in [1.82, 2.24) is 0 Å². The summed E-state index contributed by atoms with van der Waals surface area (Å²) in [4.78, 5) is 12.8. The van der Waals surface area contributed by atoms with Crippen LogP contribution in [0.25, 0.3) is 0 Å². The molecule has 0 N–H and O–H groups in total. The van der Waals surface area contributed by atoms with Crippen LogP contribution in [0.15, 0.2) is 24.3 Å². The monoisotopic (exact) mass is 383 g/mol. The molecule has 1 aliphatic heterocycles. The van der Waals surface area contributed by atoms with Crippen molar-refractivity contribution >= 4 is 14.3 Å². The fourth-order valence-electron chi connectivity index (χ4n) is 3.70. The van der Waals surface area contributed by atoms with Crippen LogP contribution in [0.3, 0.4) is 0 Å². The number of aryl methyl sites for hydroxylation is 2. The second-order valence-electron chi connectivity index (χ2n) is 9.35. The fraction of sp³-hybridized carbons (Fsp3) is 0.545. The number of carbonyl (C=O) groups excluding carboxylic acids is 1. The molecule has 3 atom stereocenters. The first-order chi connectivity index (χ1) is 12.4. The van der Waals surface area contributed by atoms with Crippen LogP contribution in [0.1, 0.15) is 43.9 Å². The Hall–Kier alpha value is -1.90. The molecule has 1 heterocycles. The normalized spacial score (nSPS) is 27.4. The van der Waals surface area contributed by atoms with Crippen molar-refractivity contribution in [2.75, 3.05) is 0 Å². The lowest BCUT2D eigenvalue weighted by molar-refractivity contribution is -0.144. The average Bonchev–Trinajstić information content (AvgIpc) is 2.56. The summed E-state index contributed by atoms with van der Waals surface area (Å²) in [5.74, 6) is -0.377. The Morgan fingerprint density at radius 1 is 1.26 bits per heavy atom. The van der Waals surface area contributed by atoms with Gasteiger partial charge in [0.25, 0.3) is 0 Å². The zero-order valence-electron chi connectivity index (χ0n) is 17.3. The van der Waals surface area contributed by atoms with Gasteiger partial charge in [0, 0.05) is 5.56 Å². The highest BCUT2D eigenvalue weighted by atomic mass is 28.4. The van der Waals surface area contributed by atoms with Crippen LogP contribution in [0, 0.1) is 31.1 Å². The van der Waals surface area contributed by atoms with Crippen LogP contribution in [0.4, 0.5) is 0 Å². The van der Waals surface area contributed by atoms with Crippen molar-refractivity contribution in [3.05, 3.63) is 41.0 Å². The molecule has 0 spiro atoms. The SMILES string of the molecule is Cc1cc2c(cc1C)[C@@]1(C#N)[C@H](CC=C[C@H]1O[Si](C)(C)C(C)(C)C)C(=O)O2. The third-order valence-corrected chi connectivity index (χ3v) is 11.1. The molecule has 5 heteroatoms. The summed E-state index contributed by atoms with van der Waals surface area (Å²) < 4.78 is 12.3. The molecular formula is C22H29NO3Si. The van der Waals surface area contributed by atoms with Gasteiger partial charge in [0.05, 0.1) is 18.1 Å². The molecule has 0 saturated heterocycles. The first-order valence-electron chi connectivity index (χ1n) is 9.53. The van der Waals surface area contributed by atoms with Gasteiger partial charge in [0.1, 0.15) is 11.2 Å². The first-order valence-corrected chi connectivity index (χ1v) is 12.4. The Morgan fingerprint density at radius 3 is 2.48 bits per heavy atom. The lowest BCUT2D eigenvalue weighted by atomic mass is 9.62. The maximum atomic E-state index is 12.8. The molecule has 1 aromatic carbocycles. The summed E-state index contributed by atoms with van der Waals surface area (Å²) in [6, 6.07) is 6.40. The largest absolute Gasteiger partial charge is 0.426 e. The van der Waals surface area contributed by atoms with Crippen molar-refractivity contribution in [2.24, 2.45) is 5.92 Å². The number of allylic oxidation sites excluding steroid dienone is 1. The van der Waals surface area contributed by atoms with Gasteiger partial charge in [-0.15, -0.1) is 0 Å². The number of esters is 1. The zero-order valence-corrected chi connectivity index (χ0v) is 18.3. The number of carbonyl (C=O) groups is 1. The van der Waals surface area contributed by atoms with Gasteiger partial charge in [0.15, 0.2) is 8.32 Å². The molecule has 0 unspecified atom stereocenters. The first kappa shape index (κ1) is 19.8. The molecule has 144 valence electrons. The predicted octanol–water partition coefficient (Wildman–Crippen LogP) is 4.95. The molecule has 2 aliphatic rings. The number of nitriles is 1. The molecule has 0 aromatic heterocycles. The number of hydrogen-bond donors (Lipinski definition) is 0. The van der Waals surface area contributed by atoms with E-state index in [1.54, 1.807) is 0 Å². The van der Waals surface area contributed by atoms with Crippen molar-refractivity contribution in [2.45, 2.75) is 70.7 Å². The molecule has 27 heavy (non-hydrogen) atoms. The Labute approximate surface area is 163 Å². The molecule has 3 rings (SSSR count). The van der Waals surface area contributed by atoms with E-state index in [1.165, 1.54) is 0 Å². The van der Waals surface area contributed by atoms with Crippen LogP contribution in [-0.2, 0) is 14.6 Å². The van der Waals surface area contributed by atoms with Gasteiger partial charge < -0.3 is 9.16 Å². The highest BCUT2D eigenvalue weighted by Crippen LogP contribution is 2.52. The number of hydrogen-bond acceptors (Lipinski definition) is 4. The third kappa shape index (κ3) is 2.96. The zero-order chi connectivity index (χ0) is 20.2. The van der Waals surface area contributed by atoms with E-state index in [-0.39, 0.29) is 11.0 Å². The Balaban J connectivity index is 2.21. The van der Waals surface area contributed by atoms with Gasteiger partial charge in [-0.25, -0.2) is 0 Å². The molecule has 1 aromatic rings. The molecule has 0 radical (unpaired) electrons. The van der Waals surface area contributed by atoms with E-state index in [0.29, 0.717) is 12.2 Å². The highest BCUT2D eigenvalue weighted by Gasteiger charge is 2.58. The van der Waals surface area contributed by atoms with Gasteiger partial charge in [-0.05, 0) is 55.6 Å². The smallest absolute Gasteiger partial charge is 0.316 e. The summed E-state index contributed by atoms with van der Waals surface area (Å²) >= 11 is 0. The molecule has 0 bridgehead atoms. The van der Waals surface area contributed by atoms with Gasteiger partial charge in [-0.2, -0.15) is 5.26 Å². The molecule has 1 aliphatic carbocycles. The fourth-order valence-corrected chi connectivity index (χ4v) is 4.96. The van der Waals surface area contributed by atoms with Crippen LogP contribution in [-0.4, -0.2) is 20.4 Å². The minimum atomic E-state index is -2.15. The molecule has 4 nitrogen and oxygen atoms in total. The van der Waals surface area contributed by atoms with Gasteiger partial charge in [-0.1, -0.05) is 39.0 Å². The average molecular weight is 384 g/mol. The minimum Gasteiger partial charge on any atom is -0.426 e. The summed E-state index contributed by atoms with van der Waals surface area (Å²) in [6.07, 6.45) is 3.98. The lowest BCUT2D eigenvalue weighted by Crippen LogP contribution is -2.57.